The first-order valence-corrected chi connectivity index (χ1v) is 9.13. The van der Waals surface area contributed by atoms with E-state index in [4.69, 9.17) is 13.9 Å². The molecule has 0 radical (unpaired) electrons. The predicted octanol–water partition coefficient (Wildman–Crippen LogP) is 4.43. The van der Waals surface area contributed by atoms with Crippen LogP contribution in [0, 0.1) is 6.92 Å². The molecule has 1 aliphatic carbocycles. The summed E-state index contributed by atoms with van der Waals surface area (Å²) in [6.07, 6.45) is 5.37. The number of ether oxygens (including phenoxy) is 2. The van der Waals surface area contributed by atoms with E-state index in [-0.39, 0.29) is 12.3 Å². The van der Waals surface area contributed by atoms with Crippen LogP contribution in [0.2, 0.25) is 0 Å². The van der Waals surface area contributed by atoms with Crippen molar-refractivity contribution >= 4 is 22.6 Å². The smallest absolute Gasteiger partial charge is 0.228 e. The molecule has 0 bridgehead atoms. The van der Waals surface area contributed by atoms with Crippen LogP contribution >= 0.6 is 0 Å². The van der Waals surface area contributed by atoms with E-state index in [1.54, 1.807) is 26.5 Å². The van der Waals surface area contributed by atoms with Crippen molar-refractivity contribution in [3.05, 3.63) is 52.8 Å². The van der Waals surface area contributed by atoms with E-state index in [9.17, 15) is 4.79 Å². The van der Waals surface area contributed by atoms with Gasteiger partial charge in [0.05, 0.1) is 26.9 Å². The van der Waals surface area contributed by atoms with Crippen LogP contribution in [-0.4, -0.2) is 20.1 Å². The van der Waals surface area contributed by atoms with Gasteiger partial charge in [-0.05, 0) is 61.1 Å². The molecule has 140 valence electrons. The molecular weight excluding hydrogens is 342 g/mol. The number of anilines is 1. The predicted molar refractivity (Wildman–Crippen MR) is 105 cm³/mol. The summed E-state index contributed by atoms with van der Waals surface area (Å²) in [4.78, 5) is 12.6. The third-order valence-corrected chi connectivity index (χ3v) is 5.22. The lowest BCUT2D eigenvalue weighted by atomic mass is 10.0. The van der Waals surface area contributed by atoms with Gasteiger partial charge in [0.15, 0.2) is 11.5 Å². The van der Waals surface area contributed by atoms with Gasteiger partial charge < -0.3 is 19.2 Å². The molecule has 0 saturated heterocycles. The molecule has 0 fully saturated rings. The highest BCUT2D eigenvalue weighted by Gasteiger charge is 2.17. The maximum absolute atomic E-state index is 12.6. The van der Waals surface area contributed by atoms with Crippen molar-refractivity contribution in [3.8, 4) is 11.5 Å². The lowest BCUT2D eigenvalue weighted by Crippen LogP contribution is -2.15. The SMILES string of the molecule is COc1cc(C)c(NC(=O)Cc2coc3cc4c(cc23)CCC4)cc1OC. The number of fused-ring (bicyclic) bond motifs is 2. The molecule has 1 N–H and O–H groups in total. The number of carbonyl (C=O) groups is 1. The number of hydrogen-bond acceptors (Lipinski definition) is 4. The van der Waals surface area contributed by atoms with E-state index < -0.39 is 0 Å². The van der Waals surface area contributed by atoms with Crippen molar-refractivity contribution in [1.29, 1.82) is 0 Å². The highest BCUT2D eigenvalue weighted by Crippen LogP contribution is 2.33. The number of rotatable bonds is 5. The fourth-order valence-electron chi connectivity index (χ4n) is 3.77. The minimum atomic E-state index is -0.0893. The lowest BCUT2D eigenvalue weighted by Gasteiger charge is -2.13. The van der Waals surface area contributed by atoms with E-state index in [1.807, 2.05) is 13.0 Å². The number of benzene rings is 2. The van der Waals surface area contributed by atoms with Crippen LogP contribution in [0.1, 0.15) is 28.7 Å². The molecule has 0 unspecified atom stereocenters. The molecule has 0 aliphatic heterocycles. The number of amides is 1. The standard InChI is InChI=1S/C22H23NO4/c1-13-7-20(25-2)21(26-3)11-18(13)23-22(24)10-16-12-27-19-9-15-6-4-5-14(15)8-17(16)19/h7-9,11-12H,4-6,10H2,1-3H3,(H,23,24). The Morgan fingerprint density at radius 1 is 1.07 bits per heavy atom. The van der Waals surface area contributed by atoms with Gasteiger partial charge in [-0.25, -0.2) is 0 Å². The molecule has 0 spiro atoms. The zero-order chi connectivity index (χ0) is 19.0. The van der Waals surface area contributed by atoms with Gasteiger partial charge in [-0.1, -0.05) is 0 Å². The average Bonchev–Trinajstić information content (AvgIpc) is 3.27. The van der Waals surface area contributed by atoms with Crippen LogP contribution < -0.4 is 14.8 Å². The third-order valence-electron chi connectivity index (χ3n) is 5.22. The normalized spacial score (nSPS) is 12.9. The van der Waals surface area contributed by atoms with Crippen LogP contribution in [-0.2, 0) is 24.1 Å². The van der Waals surface area contributed by atoms with E-state index in [0.717, 1.165) is 34.9 Å². The van der Waals surface area contributed by atoms with Gasteiger partial charge in [-0.15, -0.1) is 0 Å². The minimum absolute atomic E-state index is 0.0893. The summed E-state index contributed by atoms with van der Waals surface area (Å²) in [6.45, 7) is 1.92. The number of hydrogen-bond donors (Lipinski definition) is 1. The topological polar surface area (TPSA) is 60.7 Å². The van der Waals surface area contributed by atoms with Gasteiger partial charge in [0, 0.05) is 22.7 Å². The Morgan fingerprint density at radius 3 is 2.52 bits per heavy atom. The highest BCUT2D eigenvalue weighted by molar-refractivity contribution is 5.96. The molecule has 0 saturated carbocycles. The Labute approximate surface area is 158 Å². The molecule has 4 rings (SSSR count). The molecule has 27 heavy (non-hydrogen) atoms. The molecule has 2 aromatic carbocycles. The Hall–Kier alpha value is -2.95. The van der Waals surface area contributed by atoms with E-state index in [0.29, 0.717) is 17.2 Å². The average molecular weight is 365 g/mol. The second-order valence-electron chi connectivity index (χ2n) is 6.98. The summed E-state index contributed by atoms with van der Waals surface area (Å²) in [7, 11) is 3.17. The zero-order valence-corrected chi connectivity index (χ0v) is 15.8. The van der Waals surface area contributed by atoms with Gasteiger partial charge in [-0.3, -0.25) is 4.79 Å². The van der Waals surface area contributed by atoms with E-state index >= 15 is 0 Å². The van der Waals surface area contributed by atoms with Crippen LogP contribution in [0.4, 0.5) is 5.69 Å². The number of methoxy groups -OCH3 is 2. The maximum atomic E-state index is 12.6. The number of carbonyl (C=O) groups excluding carboxylic acids is 1. The molecule has 3 aromatic rings. The van der Waals surface area contributed by atoms with Gasteiger partial charge in [0.1, 0.15) is 5.58 Å². The Morgan fingerprint density at radius 2 is 1.78 bits per heavy atom. The molecule has 1 aromatic heterocycles. The zero-order valence-electron chi connectivity index (χ0n) is 15.8. The van der Waals surface area contributed by atoms with Crippen LogP contribution in [0.5, 0.6) is 11.5 Å². The first-order chi connectivity index (χ1) is 13.1. The fourth-order valence-corrected chi connectivity index (χ4v) is 3.77. The largest absolute Gasteiger partial charge is 0.493 e. The summed E-state index contributed by atoms with van der Waals surface area (Å²) in [5, 5.41) is 4.01. The van der Waals surface area contributed by atoms with E-state index in [1.165, 1.54) is 17.5 Å². The number of furan rings is 1. The Balaban J connectivity index is 1.56. The molecule has 1 aliphatic rings. The highest BCUT2D eigenvalue weighted by atomic mass is 16.5. The van der Waals surface area contributed by atoms with Crippen molar-refractivity contribution in [3.63, 3.8) is 0 Å². The van der Waals surface area contributed by atoms with Crippen molar-refractivity contribution in [2.24, 2.45) is 0 Å². The van der Waals surface area contributed by atoms with E-state index in [2.05, 4.69) is 17.4 Å². The molecule has 0 atom stereocenters. The summed E-state index contributed by atoms with van der Waals surface area (Å²) >= 11 is 0. The molecular formula is C22H23NO4. The summed E-state index contributed by atoms with van der Waals surface area (Å²) in [5.41, 5.74) is 6.15. The van der Waals surface area contributed by atoms with Crippen molar-refractivity contribution in [1.82, 2.24) is 0 Å². The van der Waals surface area contributed by atoms with Crippen LogP contribution in [0.3, 0.4) is 0 Å². The lowest BCUT2D eigenvalue weighted by molar-refractivity contribution is -0.115. The van der Waals surface area contributed by atoms with Crippen molar-refractivity contribution < 1.29 is 18.7 Å². The summed E-state index contributed by atoms with van der Waals surface area (Å²) in [6, 6.07) is 7.94. The fraction of sp³-hybridized carbons (Fsp3) is 0.318. The molecule has 5 nitrogen and oxygen atoms in total. The summed E-state index contributed by atoms with van der Waals surface area (Å²) in [5.74, 6) is 1.14. The monoisotopic (exact) mass is 365 g/mol. The molecule has 5 heteroatoms. The third kappa shape index (κ3) is 3.25. The Bertz CT molecular complexity index is 1020. The first-order valence-electron chi connectivity index (χ1n) is 9.13. The number of aryl methyl sites for hydroxylation is 3. The second kappa shape index (κ2) is 6.99. The van der Waals surface area contributed by atoms with Crippen LogP contribution in [0.25, 0.3) is 11.0 Å². The quantitative estimate of drug-likeness (QED) is 0.727. The molecule has 1 heterocycles. The molecule has 1 amide bonds. The second-order valence-corrected chi connectivity index (χ2v) is 6.98. The first kappa shape index (κ1) is 17.5. The summed E-state index contributed by atoms with van der Waals surface area (Å²) < 4.78 is 16.3. The van der Waals surface area contributed by atoms with Gasteiger partial charge in [0.2, 0.25) is 5.91 Å². The van der Waals surface area contributed by atoms with Crippen molar-refractivity contribution in [2.75, 3.05) is 19.5 Å². The van der Waals surface area contributed by atoms with Gasteiger partial charge >= 0.3 is 0 Å². The number of nitrogens with one attached hydrogen (secondary N) is 1. The van der Waals surface area contributed by atoms with Crippen LogP contribution in [0.15, 0.2) is 34.9 Å². The maximum Gasteiger partial charge on any atom is 0.228 e. The van der Waals surface area contributed by atoms with Gasteiger partial charge in [-0.2, -0.15) is 0 Å². The minimum Gasteiger partial charge on any atom is -0.493 e. The Kier molecular flexibility index (Phi) is 4.52. The van der Waals surface area contributed by atoms with Crippen molar-refractivity contribution in [2.45, 2.75) is 32.6 Å². The van der Waals surface area contributed by atoms with Gasteiger partial charge in [0.25, 0.3) is 0 Å².